The van der Waals surface area contributed by atoms with E-state index in [-0.39, 0.29) is 17.9 Å². The second-order valence-corrected chi connectivity index (χ2v) is 4.29. The van der Waals surface area contributed by atoms with Gasteiger partial charge in [-0.15, -0.1) is 0 Å². The van der Waals surface area contributed by atoms with Crippen molar-refractivity contribution < 1.29 is 10.0 Å². The third-order valence-corrected chi connectivity index (χ3v) is 3.03. The second kappa shape index (κ2) is 5.79. The summed E-state index contributed by atoms with van der Waals surface area (Å²) in [6.45, 7) is 3.55. The summed E-state index contributed by atoms with van der Waals surface area (Å²) in [5.41, 5.74) is 0.844. The van der Waals surface area contributed by atoms with Crippen LogP contribution < -0.4 is 0 Å². The number of hydrogen-bond donors (Lipinski definition) is 1. The molecule has 0 aliphatic rings. The van der Waals surface area contributed by atoms with Gasteiger partial charge in [0.15, 0.2) is 5.82 Å². The zero-order valence-corrected chi connectivity index (χ0v) is 11.4. The molecule has 0 bridgehead atoms. The smallest absolute Gasteiger partial charge is 0.275 e. The Hall–Kier alpha value is -2.28. The fourth-order valence-electron chi connectivity index (χ4n) is 1.99. The van der Waals surface area contributed by atoms with Gasteiger partial charge >= 0.3 is 0 Å². The van der Waals surface area contributed by atoms with Gasteiger partial charge in [0, 0.05) is 18.9 Å². The first kappa shape index (κ1) is 14.1. The molecule has 0 aliphatic heterocycles. The van der Waals surface area contributed by atoms with Crippen molar-refractivity contribution in [2.75, 3.05) is 0 Å². The highest BCUT2D eigenvalue weighted by Gasteiger charge is 2.16. The summed E-state index contributed by atoms with van der Waals surface area (Å²) in [4.78, 5) is 14.7. The lowest BCUT2D eigenvalue weighted by Crippen LogP contribution is -2.04. The van der Waals surface area contributed by atoms with E-state index in [2.05, 4.69) is 10.1 Å². The van der Waals surface area contributed by atoms with Crippen molar-refractivity contribution >= 4 is 5.69 Å². The van der Waals surface area contributed by atoms with Crippen LogP contribution >= 0.6 is 0 Å². The number of hydrogen-bond acceptors (Lipinski definition) is 5. The molecule has 0 unspecified atom stereocenters. The lowest BCUT2D eigenvalue weighted by atomic mass is 10.1. The van der Waals surface area contributed by atoms with Crippen molar-refractivity contribution in [3.63, 3.8) is 0 Å². The normalized spacial score (nSPS) is 10.8. The third-order valence-electron chi connectivity index (χ3n) is 3.03. The zero-order valence-electron chi connectivity index (χ0n) is 11.4. The van der Waals surface area contributed by atoms with Crippen molar-refractivity contribution in [1.29, 1.82) is 0 Å². The number of aromatic nitrogens is 3. The molecular weight excluding hydrogens is 260 g/mol. The Balaban J connectivity index is 2.53. The SMILES string of the molecule is CCc1nc(CC)n(-c2ccc([N+](=O)[O-])c(CO)c2)n1. The van der Waals surface area contributed by atoms with Crippen LogP contribution in [-0.2, 0) is 19.4 Å². The first-order valence-corrected chi connectivity index (χ1v) is 6.44. The lowest BCUT2D eigenvalue weighted by Gasteiger charge is -2.06. The van der Waals surface area contributed by atoms with Crippen LogP contribution in [0, 0.1) is 10.1 Å². The molecule has 7 heteroatoms. The van der Waals surface area contributed by atoms with Gasteiger partial charge in [-0.2, -0.15) is 5.10 Å². The second-order valence-electron chi connectivity index (χ2n) is 4.29. The van der Waals surface area contributed by atoms with Crippen molar-refractivity contribution in [3.8, 4) is 5.69 Å². The molecule has 106 valence electrons. The van der Waals surface area contributed by atoms with E-state index in [4.69, 9.17) is 0 Å². The maximum absolute atomic E-state index is 10.9. The minimum absolute atomic E-state index is 0.0925. The molecule has 1 aromatic heterocycles. The number of rotatable bonds is 5. The van der Waals surface area contributed by atoms with Crippen LogP contribution in [-0.4, -0.2) is 24.8 Å². The molecule has 2 rings (SSSR count). The summed E-state index contributed by atoms with van der Waals surface area (Å²) in [5, 5.41) is 24.5. The van der Waals surface area contributed by atoms with E-state index in [9.17, 15) is 15.2 Å². The number of nitrogens with zero attached hydrogens (tertiary/aromatic N) is 4. The molecule has 0 atom stereocenters. The van der Waals surface area contributed by atoms with Crippen LogP contribution in [0.25, 0.3) is 5.69 Å². The molecule has 0 fully saturated rings. The Kier molecular flexibility index (Phi) is 4.09. The number of aryl methyl sites for hydroxylation is 2. The van der Waals surface area contributed by atoms with E-state index in [1.165, 1.54) is 6.07 Å². The molecule has 0 saturated carbocycles. The average Bonchev–Trinajstić information content (AvgIpc) is 2.89. The molecule has 0 aliphatic carbocycles. The number of aliphatic hydroxyl groups excluding tert-OH is 1. The molecule has 0 spiro atoms. The average molecular weight is 276 g/mol. The van der Waals surface area contributed by atoms with Gasteiger partial charge in [-0.3, -0.25) is 10.1 Å². The molecule has 20 heavy (non-hydrogen) atoms. The Bertz CT molecular complexity index is 637. The van der Waals surface area contributed by atoms with E-state index >= 15 is 0 Å². The highest BCUT2D eigenvalue weighted by molar-refractivity contribution is 5.48. The minimum atomic E-state index is -0.505. The molecule has 1 heterocycles. The lowest BCUT2D eigenvalue weighted by molar-refractivity contribution is -0.385. The maximum Gasteiger partial charge on any atom is 0.275 e. The Labute approximate surface area is 116 Å². The van der Waals surface area contributed by atoms with Gasteiger partial charge in [-0.25, -0.2) is 9.67 Å². The monoisotopic (exact) mass is 276 g/mol. The van der Waals surface area contributed by atoms with Crippen molar-refractivity contribution in [2.24, 2.45) is 0 Å². The highest BCUT2D eigenvalue weighted by Crippen LogP contribution is 2.22. The largest absolute Gasteiger partial charge is 0.391 e. The Morgan fingerprint density at radius 3 is 2.65 bits per heavy atom. The van der Waals surface area contributed by atoms with E-state index in [1.54, 1.807) is 16.8 Å². The van der Waals surface area contributed by atoms with Crippen LogP contribution in [0.5, 0.6) is 0 Å². The Morgan fingerprint density at radius 2 is 2.10 bits per heavy atom. The summed E-state index contributed by atoms with van der Waals surface area (Å²) in [7, 11) is 0. The van der Waals surface area contributed by atoms with Gasteiger partial charge in [0.05, 0.1) is 22.8 Å². The molecule has 7 nitrogen and oxygen atoms in total. The fourth-order valence-corrected chi connectivity index (χ4v) is 1.99. The molecule has 1 aromatic carbocycles. The summed E-state index contributed by atoms with van der Waals surface area (Å²) >= 11 is 0. The van der Waals surface area contributed by atoms with Crippen molar-refractivity contribution in [2.45, 2.75) is 33.3 Å². The quantitative estimate of drug-likeness (QED) is 0.663. The molecule has 1 N–H and O–H groups in total. The van der Waals surface area contributed by atoms with Crippen LogP contribution in [0.4, 0.5) is 5.69 Å². The predicted octanol–water partition coefficient (Wildman–Crippen LogP) is 1.79. The van der Waals surface area contributed by atoms with E-state index in [0.717, 1.165) is 18.1 Å². The first-order valence-electron chi connectivity index (χ1n) is 6.44. The first-order chi connectivity index (χ1) is 9.60. The van der Waals surface area contributed by atoms with Crippen LogP contribution in [0.3, 0.4) is 0 Å². The van der Waals surface area contributed by atoms with Crippen molar-refractivity contribution in [3.05, 3.63) is 45.5 Å². The summed E-state index contributed by atoms with van der Waals surface area (Å²) in [6.07, 6.45) is 1.43. The highest BCUT2D eigenvalue weighted by atomic mass is 16.6. The van der Waals surface area contributed by atoms with Gasteiger partial charge in [0.1, 0.15) is 5.82 Å². The van der Waals surface area contributed by atoms with Crippen molar-refractivity contribution in [1.82, 2.24) is 14.8 Å². The van der Waals surface area contributed by atoms with Gasteiger partial charge < -0.3 is 5.11 Å². The Morgan fingerprint density at radius 1 is 1.35 bits per heavy atom. The van der Waals surface area contributed by atoms with E-state index in [0.29, 0.717) is 12.1 Å². The molecule has 0 amide bonds. The number of nitro groups is 1. The molecule has 0 saturated heterocycles. The van der Waals surface area contributed by atoms with Crippen LogP contribution in [0.1, 0.15) is 31.1 Å². The summed E-state index contributed by atoms with van der Waals surface area (Å²) in [5.74, 6) is 1.52. The predicted molar refractivity (Wildman–Crippen MR) is 72.7 cm³/mol. The molecular formula is C13H16N4O3. The standard InChI is InChI=1S/C13H16N4O3/c1-3-12-14-13(4-2)16(15-12)10-5-6-11(17(19)20)9(7-10)8-18/h5-7,18H,3-4,8H2,1-2H3. The van der Waals surface area contributed by atoms with Gasteiger partial charge in [-0.1, -0.05) is 13.8 Å². The van der Waals surface area contributed by atoms with Gasteiger partial charge in [-0.05, 0) is 12.1 Å². The zero-order chi connectivity index (χ0) is 14.7. The number of nitro benzene ring substituents is 1. The number of aliphatic hydroxyl groups is 1. The minimum Gasteiger partial charge on any atom is -0.391 e. The van der Waals surface area contributed by atoms with E-state index in [1.807, 2.05) is 13.8 Å². The molecule has 2 aromatic rings. The fraction of sp³-hybridized carbons (Fsp3) is 0.385. The maximum atomic E-state index is 10.9. The molecule has 0 radical (unpaired) electrons. The van der Waals surface area contributed by atoms with Crippen LogP contribution in [0.2, 0.25) is 0 Å². The van der Waals surface area contributed by atoms with Crippen LogP contribution in [0.15, 0.2) is 18.2 Å². The summed E-state index contributed by atoms with van der Waals surface area (Å²) < 4.78 is 1.67. The van der Waals surface area contributed by atoms with Gasteiger partial charge in [0.25, 0.3) is 5.69 Å². The third kappa shape index (κ3) is 2.53. The summed E-state index contributed by atoms with van der Waals surface area (Å²) in [6, 6.07) is 4.57. The van der Waals surface area contributed by atoms with E-state index < -0.39 is 4.92 Å². The van der Waals surface area contributed by atoms with Gasteiger partial charge in [0.2, 0.25) is 0 Å². The number of benzene rings is 1. The topological polar surface area (TPSA) is 94.1 Å².